The molecule has 0 aromatic rings. The maximum Gasteiger partial charge on any atom is 0.475 e. The first-order valence-corrected chi connectivity index (χ1v) is 8.11. The zero-order chi connectivity index (χ0) is 13.7. The van der Waals surface area contributed by atoms with Gasteiger partial charge in [-0.15, -0.1) is 6.42 Å². The van der Waals surface area contributed by atoms with Gasteiger partial charge >= 0.3 is 7.82 Å². The predicted molar refractivity (Wildman–Crippen MR) is 73.3 cm³/mol. The first kappa shape index (κ1) is 17.7. The second-order valence-corrected chi connectivity index (χ2v) is 5.67. The molecule has 0 atom stereocenters. The summed E-state index contributed by atoms with van der Waals surface area (Å²) in [5.41, 5.74) is 0. The van der Waals surface area contributed by atoms with E-state index in [0.29, 0.717) is 13.2 Å². The van der Waals surface area contributed by atoms with Gasteiger partial charge in [0.25, 0.3) is 0 Å². The van der Waals surface area contributed by atoms with Crippen LogP contribution < -0.4 is 0 Å². The van der Waals surface area contributed by atoms with Gasteiger partial charge in [0.15, 0.2) is 0 Å². The third-order valence-corrected chi connectivity index (χ3v) is 3.74. The van der Waals surface area contributed by atoms with E-state index >= 15 is 0 Å². The minimum Gasteiger partial charge on any atom is -0.287 e. The highest BCUT2D eigenvalue weighted by molar-refractivity contribution is 7.48. The van der Waals surface area contributed by atoms with E-state index in [1.165, 1.54) is 0 Å². The maximum absolute atomic E-state index is 12.1. The number of unbranched alkanes of at least 4 members (excludes halogenated alkanes) is 4. The largest absolute Gasteiger partial charge is 0.475 e. The van der Waals surface area contributed by atoms with Gasteiger partial charge < -0.3 is 0 Å². The summed E-state index contributed by atoms with van der Waals surface area (Å²) in [6, 6.07) is 0. The SMILES string of the molecule is C#CCOP(=O)(OCCCCC)OCCCCC. The van der Waals surface area contributed by atoms with Crippen LogP contribution in [-0.2, 0) is 18.1 Å². The van der Waals surface area contributed by atoms with Gasteiger partial charge in [0.2, 0.25) is 0 Å². The molecule has 0 spiro atoms. The van der Waals surface area contributed by atoms with Crippen LogP contribution in [0.1, 0.15) is 52.4 Å². The third kappa shape index (κ3) is 9.67. The van der Waals surface area contributed by atoms with Gasteiger partial charge in [-0.1, -0.05) is 45.5 Å². The molecule has 0 amide bonds. The first-order chi connectivity index (χ1) is 8.68. The lowest BCUT2D eigenvalue weighted by Crippen LogP contribution is -2.03. The molecule has 18 heavy (non-hydrogen) atoms. The second-order valence-electron chi connectivity index (χ2n) is 4.01. The Hall–Kier alpha value is -0.330. The van der Waals surface area contributed by atoms with Gasteiger partial charge in [0.1, 0.15) is 6.61 Å². The fourth-order valence-corrected chi connectivity index (χ4v) is 2.45. The summed E-state index contributed by atoms with van der Waals surface area (Å²) in [5.74, 6) is 2.27. The molecule has 0 radical (unpaired) electrons. The van der Waals surface area contributed by atoms with Crippen molar-refractivity contribution in [2.24, 2.45) is 0 Å². The van der Waals surface area contributed by atoms with Gasteiger partial charge in [-0.2, -0.15) is 0 Å². The van der Waals surface area contributed by atoms with Crippen LogP contribution in [0.2, 0.25) is 0 Å². The van der Waals surface area contributed by atoms with E-state index in [4.69, 9.17) is 20.0 Å². The molecule has 0 fully saturated rings. The monoisotopic (exact) mass is 276 g/mol. The number of terminal acetylenes is 1. The van der Waals surface area contributed by atoms with E-state index in [2.05, 4.69) is 19.8 Å². The minimum absolute atomic E-state index is 0.0567. The van der Waals surface area contributed by atoms with Crippen molar-refractivity contribution in [3.8, 4) is 12.3 Å². The van der Waals surface area contributed by atoms with Crippen LogP contribution >= 0.6 is 7.82 Å². The fourth-order valence-electron chi connectivity index (χ4n) is 1.28. The van der Waals surface area contributed by atoms with Gasteiger partial charge in [-0.3, -0.25) is 13.6 Å². The normalized spacial score (nSPS) is 11.4. The van der Waals surface area contributed by atoms with Crippen molar-refractivity contribution in [2.75, 3.05) is 19.8 Å². The highest BCUT2D eigenvalue weighted by Crippen LogP contribution is 2.49. The molecule has 0 bridgehead atoms. The Balaban J connectivity index is 4.00. The Bertz CT molecular complexity index is 257. The van der Waals surface area contributed by atoms with Crippen LogP contribution in [0.15, 0.2) is 0 Å². The maximum atomic E-state index is 12.1. The minimum atomic E-state index is -3.46. The highest BCUT2D eigenvalue weighted by Gasteiger charge is 2.25. The van der Waals surface area contributed by atoms with Gasteiger partial charge in [-0.05, 0) is 12.8 Å². The van der Waals surface area contributed by atoms with E-state index in [1.807, 2.05) is 0 Å². The summed E-state index contributed by atoms with van der Waals surface area (Å²) < 4.78 is 27.6. The fraction of sp³-hybridized carbons (Fsp3) is 0.846. The molecule has 106 valence electrons. The molecule has 0 aromatic heterocycles. The van der Waals surface area contributed by atoms with Crippen molar-refractivity contribution in [2.45, 2.75) is 52.4 Å². The molecule has 0 aliphatic heterocycles. The third-order valence-electron chi connectivity index (χ3n) is 2.30. The predicted octanol–water partition coefficient (Wildman–Crippen LogP) is 4.16. The molecular weight excluding hydrogens is 251 g/mol. The molecule has 0 saturated carbocycles. The van der Waals surface area contributed by atoms with Crippen molar-refractivity contribution in [1.82, 2.24) is 0 Å². The highest BCUT2D eigenvalue weighted by atomic mass is 31.2. The Morgan fingerprint density at radius 1 is 0.944 bits per heavy atom. The summed E-state index contributed by atoms with van der Waals surface area (Å²) in [6.07, 6.45) is 11.0. The van der Waals surface area contributed by atoms with Crippen molar-refractivity contribution in [1.29, 1.82) is 0 Å². The average Bonchev–Trinajstić information content (AvgIpc) is 2.38. The number of rotatable bonds is 12. The number of phosphoric acid groups is 1. The van der Waals surface area contributed by atoms with Crippen LogP contribution in [0.25, 0.3) is 0 Å². The molecule has 0 aliphatic rings. The van der Waals surface area contributed by atoms with Gasteiger partial charge in [-0.25, -0.2) is 4.57 Å². The lowest BCUT2D eigenvalue weighted by Gasteiger charge is -2.16. The van der Waals surface area contributed by atoms with E-state index in [-0.39, 0.29) is 6.61 Å². The van der Waals surface area contributed by atoms with E-state index in [1.54, 1.807) is 0 Å². The number of phosphoric ester groups is 1. The Labute approximate surface area is 111 Å². The molecule has 0 unspecified atom stereocenters. The summed E-state index contributed by atoms with van der Waals surface area (Å²) in [6.45, 7) is 4.89. The van der Waals surface area contributed by atoms with Gasteiger partial charge in [0, 0.05) is 0 Å². The molecule has 0 rings (SSSR count). The Morgan fingerprint density at radius 3 is 1.83 bits per heavy atom. The summed E-state index contributed by atoms with van der Waals surface area (Å²) >= 11 is 0. The Morgan fingerprint density at radius 2 is 1.44 bits per heavy atom. The lowest BCUT2D eigenvalue weighted by molar-refractivity contribution is 0.120. The van der Waals surface area contributed by atoms with E-state index < -0.39 is 7.82 Å². The second kappa shape index (κ2) is 11.7. The molecule has 0 saturated heterocycles. The van der Waals surface area contributed by atoms with Crippen LogP contribution in [-0.4, -0.2) is 19.8 Å². The van der Waals surface area contributed by atoms with Crippen LogP contribution in [0, 0.1) is 12.3 Å². The van der Waals surface area contributed by atoms with E-state index in [0.717, 1.165) is 38.5 Å². The smallest absolute Gasteiger partial charge is 0.287 e. The van der Waals surface area contributed by atoms with Gasteiger partial charge in [0.05, 0.1) is 13.2 Å². The summed E-state index contributed by atoms with van der Waals surface area (Å²) in [7, 11) is -3.46. The standard InChI is InChI=1S/C13H25O4P/c1-4-7-9-12-16-18(14,15-11-6-3)17-13-10-8-5-2/h3H,4-5,7-13H2,1-2H3. The first-order valence-electron chi connectivity index (χ1n) is 6.65. The number of hydrogen-bond acceptors (Lipinski definition) is 4. The topological polar surface area (TPSA) is 44.8 Å². The lowest BCUT2D eigenvalue weighted by atomic mass is 10.3. The van der Waals surface area contributed by atoms with Crippen molar-refractivity contribution in [3.05, 3.63) is 0 Å². The van der Waals surface area contributed by atoms with E-state index in [9.17, 15) is 4.57 Å². The molecular formula is C13H25O4P. The van der Waals surface area contributed by atoms with Crippen LogP contribution in [0.3, 0.4) is 0 Å². The zero-order valence-electron chi connectivity index (χ0n) is 11.5. The molecule has 0 aliphatic carbocycles. The molecule has 0 N–H and O–H groups in total. The summed E-state index contributed by atoms with van der Waals surface area (Å²) in [5, 5.41) is 0. The van der Waals surface area contributed by atoms with Crippen LogP contribution in [0.4, 0.5) is 0 Å². The zero-order valence-corrected chi connectivity index (χ0v) is 12.4. The van der Waals surface area contributed by atoms with Crippen molar-refractivity contribution >= 4 is 7.82 Å². The number of hydrogen-bond donors (Lipinski definition) is 0. The summed E-state index contributed by atoms with van der Waals surface area (Å²) in [4.78, 5) is 0. The average molecular weight is 276 g/mol. The van der Waals surface area contributed by atoms with Crippen molar-refractivity contribution in [3.63, 3.8) is 0 Å². The Kier molecular flexibility index (Phi) is 11.5. The molecule has 5 heteroatoms. The molecule has 0 heterocycles. The molecule has 0 aromatic carbocycles. The quantitative estimate of drug-likeness (QED) is 0.305. The molecule has 4 nitrogen and oxygen atoms in total. The van der Waals surface area contributed by atoms with Crippen molar-refractivity contribution < 1.29 is 18.1 Å². The van der Waals surface area contributed by atoms with Crippen LogP contribution in [0.5, 0.6) is 0 Å².